The van der Waals surface area contributed by atoms with Crippen molar-refractivity contribution in [1.29, 1.82) is 0 Å². The summed E-state index contributed by atoms with van der Waals surface area (Å²) in [6.07, 6.45) is 2.18. The molecule has 0 aromatic carbocycles. The lowest BCUT2D eigenvalue weighted by atomic mass is 9.94. The molecule has 2 atom stereocenters. The maximum atomic E-state index is 11.4. The molecule has 1 aliphatic rings. The fourth-order valence-corrected chi connectivity index (χ4v) is 2.63. The zero-order chi connectivity index (χ0) is 10.7. The van der Waals surface area contributed by atoms with E-state index in [1.54, 1.807) is 6.92 Å². The molecule has 2 unspecified atom stereocenters. The van der Waals surface area contributed by atoms with Gasteiger partial charge < -0.3 is 0 Å². The van der Waals surface area contributed by atoms with Crippen molar-refractivity contribution < 1.29 is 4.79 Å². The highest BCUT2D eigenvalue weighted by Crippen LogP contribution is 2.27. The molecule has 0 N–H and O–H groups in total. The first kappa shape index (κ1) is 11.7. The third-order valence-corrected chi connectivity index (χ3v) is 3.20. The van der Waals surface area contributed by atoms with Crippen LogP contribution in [0.1, 0.15) is 40.5 Å². The Balaban J connectivity index is 2.59. The average molecular weight is 197 g/mol. The topological polar surface area (TPSA) is 20.3 Å². The van der Waals surface area contributed by atoms with Crippen LogP contribution in [0.4, 0.5) is 0 Å². The maximum absolute atomic E-state index is 11.4. The van der Waals surface area contributed by atoms with Crippen LogP contribution in [0.3, 0.4) is 0 Å². The second-order valence-corrected chi connectivity index (χ2v) is 4.87. The lowest BCUT2D eigenvalue weighted by Crippen LogP contribution is -2.36. The Kier molecular flexibility index (Phi) is 4.11. The Bertz CT molecular complexity index is 200. The number of likely N-dealkylation sites (tertiary alicyclic amines) is 1. The van der Waals surface area contributed by atoms with Crippen LogP contribution in [0.15, 0.2) is 0 Å². The van der Waals surface area contributed by atoms with Crippen LogP contribution in [0.25, 0.3) is 0 Å². The van der Waals surface area contributed by atoms with E-state index in [2.05, 4.69) is 25.7 Å². The average Bonchev–Trinajstić information content (AvgIpc) is 2.46. The van der Waals surface area contributed by atoms with Gasteiger partial charge in [-0.2, -0.15) is 0 Å². The standard InChI is InChI=1S/C12H23NO/c1-5-12-11(10(4)14)6-7-13(12)8-9(2)3/h9,11-12H,5-8H2,1-4H3. The predicted molar refractivity (Wildman–Crippen MR) is 59.3 cm³/mol. The molecular formula is C12H23NO. The molecule has 0 aliphatic carbocycles. The molecule has 1 rings (SSSR count). The molecule has 2 nitrogen and oxygen atoms in total. The van der Waals surface area contributed by atoms with E-state index in [-0.39, 0.29) is 0 Å². The van der Waals surface area contributed by atoms with Crippen LogP contribution in [-0.4, -0.2) is 29.8 Å². The second kappa shape index (κ2) is 4.92. The number of nitrogens with zero attached hydrogens (tertiary/aromatic N) is 1. The summed E-state index contributed by atoms with van der Waals surface area (Å²) >= 11 is 0. The van der Waals surface area contributed by atoms with Gasteiger partial charge in [0.05, 0.1) is 0 Å². The van der Waals surface area contributed by atoms with Crippen molar-refractivity contribution in [3.63, 3.8) is 0 Å². The van der Waals surface area contributed by atoms with E-state index in [0.717, 1.165) is 25.9 Å². The van der Waals surface area contributed by atoms with Gasteiger partial charge >= 0.3 is 0 Å². The van der Waals surface area contributed by atoms with E-state index in [1.807, 2.05) is 0 Å². The smallest absolute Gasteiger partial charge is 0.134 e. The molecule has 0 radical (unpaired) electrons. The lowest BCUT2D eigenvalue weighted by Gasteiger charge is -2.27. The number of rotatable bonds is 4. The van der Waals surface area contributed by atoms with Gasteiger partial charge in [0.1, 0.15) is 5.78 Å². The van der Waals surface area contributed by atoms with Crippen molar-refractivity contribution in [3.05, 3.63) is 0 Å². The summed E-state index contributed by atoms with van der Waals surface area (Å²) < 4.78 is 0. The first-order valence-corrected chi connectivity index (χ1v) is 5.80. The van der Waals surface area contributed by atoms with Gasteiger partial charge in [0, 0.05) is 18.5 Å². The van der Waals surface area contributed by atoms with E-state index in [9.17, 15) is 4.79 Å². The molecule has 0 amide bonds. The molecular weight excluding hydrogens is 174 g/mol. The van der Waals surface area contributed by atoms with Crippen LogP contribution in [-0.2, 0) is 4.79 Å². The fraction of sp³-hybridized carbons (Fsp3) is 0.917. The SMILES string of the molecule is CCC1C(C(C)=O)CCN1CC(C)C. The third-order valence-electron chi connectivity index (χ3n) is 3.20. The largest absolute Gasteiger partial charge is 0.300 e. The minimum atomic E-state index is 0.304. The summed E-state index contributed by atoms with van der Waals surface area (Å²) in [6, 6.07) is 0.509. The van der Waals surface area contributed by atoms with Crippen molar-refractivity contribution in [2.45, 2.75) is 46.6 Å². The number of carbonyl (C=O) groups excluding carboxylic acids is 1. The van der Waals surface area contributed by atoms with Gasteiger partial charge in [-0.1, -0.05) is 20.8 Å². The van der Waals surface area contributed by atoms with E-state index >= 15 is 0 Å². The molecule has 1 heterocycles. The van der Waals surface area contributed by atoms with Gasteiger partial charge in [-0.25, -0.2) is 0 Å². The Hall–Kier alpha value is -0.370. The number of hydrogen-bond donors (Lipinski definition) is 0. The highest BCUT2D eigenvalue weighted by Gasteiger charge is 2.35. The fourth-order valence-electron chi connectivity index (χ4n) is 2.63. The zero-order valence-corrected chi connectivity index (χ0v) is 9.92. The number of ketones is 1. The molecule has 82 valence electrons. The Morgan fingerprint density at radius 1 is 1.50 bits per heavy atom. The first-order valence-electron chi connectivity index (χ1n) is 5.80. The van der Waals surface area contributed by atoms with Gasteiger partial charge in [-0.15, -0.1) is 0 Å². The van der Waals surface area contributed by atoms with Crippen LogP contribution in [0.5, 0.6) is 0 Å². The molecule has 2 heteroatoms. The number of Topliss-reactive ketones (excluding diaryl/α,β-unsaturated/α-hetero) is 1. The first-order chi connectivity index (χ1) is 6.56. The van der Waals surface area contributed by atoms with Gasteiger partial charge in [0.15, 0.2) is 0 Å². The molecule has 0 saturated carbocycles. The normalized spacial score (nSPS) is 28.6. The molecule has 1 saturated heterocycles. The van der Waals surface area contributed by atoms with E-state index in [1.165, 1.54) is 0 Å². The highest BCUT2D eigenvalue weighted by atomic mass is 16.1. The summed E-state index contributed by atoms with van der Waals surface area (Å²) in [6.45, 7) is 10.7. The molecule has 0 aromatic rings. The van der Waals surface area contributed by atoms with Crippen LogP contribution in [0, 0.1) is 11.8 Å². The van der Waals surface area contributed by atoms with Gasteiger partial charge in [0.25, 0.3) is 0 Å². The molecule has 1 fully saturated rings. The second-order valence-electron chi connectivity index (χ2n) is 4.87. The minimum Gasteiger partial charge on any atom is -0.300 e. The molecule has 14 heavy (non-hydrogen) atoms. The van der Waals surface area contributed by atoms with Crippen LogP contribution < -0.4 is 0 Å². The monoisotopic (exact) mass is 197 g/mol. The zero-order valence-electron chi connectivity index (χ0n) is 9.92. The van der Waals surface area contributed by atoms with Crippen molar-refractivity contribution in [3.8, 4) is 0 Å². The Morgan fingerprint density at radius 2 is 2.14 bits per heavy atom. The van der Waals surface area contributed by atoms with Crippen molar-refractivity contribution in [1.82, 2.24) is 4.90 Å². The quantitative estimate of drug-likeness (QED) is 0.689. The molecule has 0 spiro atoms. The van der Waals surface area contributed by atoms with E-state index in [4.69, 9.17) is 0 Å². The number of hydrogen-bond acceptors (Lipinski definition) is 2. The highest BCUT2D eigenvalue weighted by molar-refractivity contribution is 5.79. The van der Waals surface area contributed by atoms with E-state index in [0.29, 0.717) is 23.7 Å². The molecule has 1 aliphatic heterocycles. The van der Waals surface area contributed by atoms with Crippen LogP contribution in [0.2, 0.25) is 0 Å². The number of carbonyl (C=O) groups is 1. The third kappa shape index (κ3) is 2.57. The molecule has 0 aromatic heterocycles. The summed E-state index contributed by atoms with van der Waals surface area (Å²) in [7, 11) is 0. The van der Waals surface area contributed by atoms with Gasteiger partial charge in [-0.05, 0) is 32.2 Å². The summed E-state index contributed by atoms with van der Waals surface area (Å²) in [5.41, 5.74) is 0. The van der Waals surface area contributed by atoms with Gasteiger partial charge in [0.2, 0.25) is 0 Å². The lowest BCUT2D eigenvalue weighted by molar-refractivity contribution is -0.121. The molecule has 0 bridgehead atoms. The Labute approximate surface area is 87.7 Å². The summed E-state index contributed by atoms with van der Waals surface area (Å²) in [4.78, 5) is 13.9. The van der Waals surface area contributed by atoms with Crippen molar-refractivity contribution >= 4 is 5.78 Å². The Morgan fingerprint density at radius 3 is 2.57 bits per heavy atom. The van der Waals surface area contributed by atoms with Crippen LogP contribution >= 0.6 is 0 Å². The van der Waals surface area contributed by atoms with Gasteiger partial charge in [-0.3, -0.25) is 9.69 Å². The minimum absolute atomic E-state index is 0.304. The van der Waals surface area contributed by atoms with Crippen molar-refractivity contribution in [2.75, 3.05) is 13.1 Å². The van der Waals surface area contributed by atoms with E-state index < -0.39 is 0 Å². The summed E-state index contributed by atoms with van der Waals surface area (Å²) in [5, 5.41) is 0. The predicted octanol–water partition coefficient (Wildman–Crippen LogP) is 2.33. The maximum Gasteiger partial charge on any atom is 0.134 e. The van der Waals surface area contributed by atoms with Crippen molar-refractivity contribution in [2.24, 2.45) is 11.8 Å². The summed E-state index contributed by atoms with van der Waals surface area (Å²) in [5.74, 6) is 1.39.